The van der Waals surface area contributed by atoms with Gasteiger partial charge >= 0.3 is 0 Å². The van der Waals surface area contributed by atoms with E-state index in [9.17, 15) is 23.9 Å². The minimum absolute atomic E-state index is 0.0828. The van der Waals surface area contributed by atoms with E-state index in [2.05, 4.69) is 20.6 Å². The Labute approximate surface area is 164 Å². The molecule has 0 fully saturated rings. The number of carbonyl (C=O) groups is 2. The molecule has 0 saturated heterocycles. The molecule has 3 aromatic rings. The van der Waals surface area contributed by atoms with Gasteiger partial charge < -0.3 is 20.7 Å². The summed E-state index contributed by atoms with van der Waals surface area (Å²) in [5, 5.41) is 15.4. The number of halogens is 1. The first-order valence-electron chi connectivity index (χ1n) is 8.86. The number of amides is 2. The van der Waals surface area contributed by atoms with Gasteiger partial charge in [0.1, 0.15) is 16.9 Å². The standard InChI is InChI=1S/C20H19FN4O4/c1-11(26)22-6-7-23-19(28)16-18(27)17-15(25-20(16)29)9-13(10-24-17)8-12-2-4-14(21)5-3-12/h2-5,9-10H,6-8H2,1H3,(H,22,26)(H,23,28)(H2,25,27,29). The Bertz CT molecular complexity index is 1130. The molecule has 8 nitrogen and oxygen atoms in total. The Morgan fingerprint density at radius 1 is 1.14 bits per heavy atom. The molecule has 0 aliphatic heterocycles. The Kier molecular flexibility index (Phi) is 5.87. The van der Waals surface area contributed by atoms with E-state index in [4.69, 9.17) is 0 Å². The number of benzene rings is 1. The molecular formula is C20H19FN4O4. The van der Waals surface area contributed by atoms with Crippen LogP contribution in [0.5, 0.6) is 5.75 Å². The third-order valence-corrected chi connectivity index (χ3v) is 4.21. The van der Waals surface area contributed by atoms with E-state index in [-0.39, 0.29) is 35.8 Å². The highest BCUT2D eigenvalue weighted by Gasteiger charge is 2.20. The molecule has 0 bridgehead atoms. The highest BCUT2D eigenvalue weighted by molar-refractivity contribution is 6.01. The first-order valence-corrected chi connectivity index (χ1v) is 8.86. The van der Waals surface area contributed by atoms with Crippen LogP contribution in [0.15, 0.2) is 41.3 Å². The van der Waals surface area contributed by atoms with Crippen molar-refractivity contribution in [3.63, 3.8) is 0 Å². The summed E-state index contributed by atoms with van der Waals surface area (Å²) in [4.78, 5) is 42.1. The van der Waals surface area contributed by atoms with Crippen LogP contribution in [0.2, 0.25) is 0 Å². The second kappa shape index (κ2) is 8.51. The number of hydrogen-bond acceptors (Lipinski definition) is 5. The summed E-state index contributed by atoms with van der Waals surface area (Å²) in [5.74, 6) is -1.86. The molecule has 0 spiro atoms. The SMILES string of the molecule is CC(=O)NCCNC(=O)c1c(O)c2ncc(Cc3ccc(F)cc3)cc2[nH]c1=O. The van der Waals surface area contributed by atoms with E-state index >= 15 is 0 Å². The van der Waals surface area contributed by atoms with Crippen LogP contribution >= 0.6 is 0 Å². The van der Waals surface area contributed by atoms with E-state index in [1.807, 2.05) is 0 Å². The second-order valence-corrected chi connectivity index (χ2v) is 6.46. The number of fused-ring (bicyclic) bond motifs is 1. The molecule has 2 heterocycles. The number of aromatic amines is 1. The van der Waals surface area contributed by atoms with E-state index in [0.717, 1.165) is 11.1 Å². The lowest BCUT2D eigenvalue weighted by Crippen LogP contribution is -2.36. The van der Waals surface area contributed by atoms with Crippen LogP contribution in [0.1, 0.15) is 28.4 Å². The van der Waals surface area contributed by atoms with Crippen molar-refractivity contribution in [2.24, 2.45) is 0 Å². The Morgan fingerprint density at radius 2 is 1.83 bits per heavy atom. The van der Waals surface area contributed by atoms with Crippen LogP contribution in [0.3, 0.4) is 0 Å². The van der Waals surface area contributed by atoms with Crippen LogP contribution in [0.25, 0.3) is 11.0 Å². The number of pyridine rings is 2. The maximum Gasteiger partial charge on any atom is 0.265 e. The Balaban J connectivity index is 1.83. The van der Waals surface area contributed by atoms with Crippen LogP contribution in [0.4, 0.5) is 4.39 Å². The van der Waals surface area contributed by atoms with Gasteiger partial charge in [-0.05, 0) is 35.7 Å². The largest absolute Gasteiger partial charge is 0.505 e. The number of hydrogen-bond donors (Lipinski definition) is 4. The zero-order chi connectivity index (χ0) is 21.0. The summed E-state index contributed by atoms with van der Waals surface area (Å²) >= 11 is 0. The second-order valence-electron chi connectivity index (χ2n) is 6.46. The molecule has 2 amide bonds. The fourth-order valence-corrected chi connectivity index (χ4v) is 2.85. The van der Waals surface area contributed by atoms with Crippen LogP contribution < -0.4 is 16.2 Å². The van der Waals surface area contributed by atoms with Gasteiger partial charge in [-0.2, -0.15) is 0 Å². The van der Waals surface area contributed by atoms with E-state index in [1.165, 1.54) is 25.3 Å². The van der Waals surface area contributed by atoms with Crippen molar-refractivity contribution >= 4 is 22.8 Å². The Hall–Kier alpha value is -3.75. The fraction of sp³-hybridized carbons (Fsp3) is 0.200. The maximum absolute atomic E-state index is 13.0. The third-order valence-electron chi connectivity index (χ3n) is 4.21. The summed E-state index contributed by atoms with van der Waals surface area (Å²) < 4.78 is 13.0. The van der Waals surface area contributed by atoms with Gasteiger partial charge in [-0.25, -0.2) is 4.39 Å². The van der Waals surface area contributed by atoms with E-state index in [0.29, 0.717) is 6.42 Å². The quantitative estimate of drug-likeness (QED) is 0.465. The highest BCUT2D eigenvalue weighted by Crippen LogP contribution is 2.24. The van der Waals surface area contributed by atoms with Gasteiger partial charge in [0.25, 0.3) is 11.5 Å². The van der Waals surface area contributed by atoms with Crippen molar-refractivity contribution in [1.29, 1.82) is 0 Å². The monoisotopic (exact) mass is 398 g/mol. The summed E-state index contributed by atoms with van der Waals surface area (Å²) in [5.41, 5.74) is 0.759. The first kappa shape index (κ1) is 20.0. The molecule has 29 heavy (non-hydrogen) atoms. The van der Waals surface area contributed by atoms with Gasteiger partial charge in [-0.15, -0.1) is 0 Å². The summed E-state index contributed by atoms with van der Waals surface area (Å²) in [7, 11) is 0. The van der Waals surface area contributed by atoms with Crippen molar-refractivity contribution in [2.75, 3.05) is 13.1 Å². The molecule has 1 aromatic carbocycles. The molecule has 0 radical (unpaired) electrons. The zero-order valence-corrected chi connectivity index (χ0v) is 15.6. The van der Waals surface area contributed by atoms with Crippen LogP contribution in [-0.2, 0) is 11.2 Å². The predicted octanol–water partition coefficient (Wildman–Crippen LogP) is 1.22. The summed E-state index contributed by atoms with van der Waals surface area (Å²) in [6, 6.07) is 7.65. The Morgan fingerprint density at radius 3 is 2.52 bits per heavy atom. The molecule has 4 N–H and O–H groups in total. The normalized spacial score (nSPS) is 10.7. The molecule has 9 heteroatoms. The number of aromatic nitrogens is 2. The average molecular weight is 398 g/mol. The van der Waals surface area contributed by atoms with Crippen molar-refractivity contribution < 1.29 is 19.1 Å². The van der Waals surface area contributed by atoms with Gasteiger partial charge in [-0.1, -0.05) is 12.1 Å². The number of rotatable bonds is 6. The van der Waals surface area contributed by atoms with Gasteiger partial charge in [0.2, 0.25) is 5.91 Å². The number of H-pyrrole nitrogens is 1. The molecule has 150 valence electrons. The van der Waals surface area contributed by atoms with Gasteiger partial charge in [0.05, 0.1) is 5.52 Å². The molecule has 0 unspecified atom stereocenters. The number of nitrogens with zero attached hydrogens (tertiary/aromatic N) is 1. The lowest BCUT2D eigenvalue weighted by molar-refractivity contribution is -0.118. The minimum Gasteiger partial charge on any atom is -0.505 e. The zero-order valence-electron chi connectivity index (χ0n) is 15.6. The smallest absolute Gasteiger partial charge is 0.265 e. The lowest BCUT2D eigenvalue weighted by atomic mass is 10.1. The lowest BCUT2D eigenvalue weighted by Gasteiger charge is -2.09. The van der Waals surface area contributed by atoms with Crippen LogP contribution in [-0.4, -0.2) is 40.0 Å². The summed E-state index contributed by atoms with van der Waals surface area (Å²) in [6.45, 7) is 1.63. The first-order chi connectivity index (χ1) is 13.8. The fourth-order valence-electron chi connectivity index (χ4n) is 2.85. The molecule has 0 saturated carbocycles. The highest BCUT2D eigenvalue weighted by atomic mass is 19.1. The van der Waals surface area contributed by atoms with Crippen molar-refractivity contribution in [3.8, 4) is 5.75 Å². The van der Waals surface area contributed by atoms with Crippen LogP contribution in [0, 0.1) is 5.82 Å². The minimum atomic E-state index is -0.770. The topological polar surface area (TPSA) is 124 Å². The molecule has 2 aromatic heterocycles. The molecule has 0 atom stereocenters. The molecule has 3 rings (SSSR count). The average Bonchev–Trinajstić information content (AvgIpc) is 2.66. The van der Waals surface area contributed by atoms with Gasteiger partial charge in [0.15, 0.2) is 5.75 Å². The van der Waals surface area contributed by atoms with E-state index < -0.39 is 22.8 Å². The van der Waals surface area contributed by atoms with Gasteiger partial charge in [0, 0.05) is 26.2 Å². The third kappa shape index (κ3) is 4.75. The number of aromatic hydroxyl groups is 1. The van der Waals surface area contributed by atoms with Crippen molar-refractivity contribution in [3.05, 3.63) is 69.4 Å². The predicted molar refractivity (Wildman–Crippen MR) is 104 cm³/mol. The number of carbonyl (C=O) groups excluding carboxylic acids is 2. The summed E-state index contributed by atoms with van der Waals surface area (Å²) in [6.07, 6.45) is 1.97. The van der Waals surface area contributed by atoms with E-state index in [1.54, 1.807) is 18.2 Å². The maximum atomic E-state index is 13.0. The number of nitrogens with one attached hydrogen (secondary N) is 3. The molecule has 0 aliphatic rings. The molecular weight excluding hydrogens is 379 g/mol. The van der Waals surface area contributed by atoms with Gasteiger partial charge in [-0.3, -0.25) is 19.4 Å². The van der Waals surface area contributed by atoms with Crippen molar-refractivity contribution in [2.45, 2.75) is 13.3 Å². The van der Waals surface area contributed by atoms with Crippen molar-refractivity contribution in [1.82, 2.24) is 20.6 Å². The molecule has 0 aliphatic carbocycles.